The summed E-state index contributed by atoms with van der Waals surface area (Å²) in [5, 5.41) is 4.71. The van der Waals surface area contributed by atoms with Crippen LogP contribution in [0.2, 0.25) is 0 Å². The highest BCUT2D eigenvalue weighted by Gasteiger charge is 2.15. The fourth-order valence-corrected chi connectivity index (χ4v) is 3.92. The molecule has 0 spiro atoms. The number of hydrogen-bond donors (Lipinski definition) is 2. The van der Waals surface area contributed by atoms with Crippen LogP contribution in [0.15, 0.2) is 77.7 Å². The van der Waals surface area contributed by atoms with Crippen molar-refractivity contribution in [2.45, 2.75) is 24.3 Å². The van der Waals surface area contributed by atoms with E-state index in [1.165, 1.54) is 0 Å². The minimum Gasteiger partial charge on any atom is -0.350 e. The highest BCUT2D eigenvalue weighted by atomic mass is 32.2. The monoisotopic (exact) mass is 382 g/mol. The molecule has 1 atom stereocenters. The molecule has 140 valence electrons. The number of amides is 1. The molecular weight excluding hydrogens is 360 g/mol. The molecule has 0 radical (unpaired) electrons. The molecular formula is C21H22N2O3S. The maximum atomic E-state index is 12.5. The summed E-state index contributed by atoms with van der Waals surface area (Å²) in [6.45, 7) is 1.94. The number of hydrogen-bond acceptors (Lipinski definition) is 3. The SMILES string of the molecule is C[C@H](NC(=O)CCNS(=O)(=O)c1ccc2ccccc2c1)c1ccccc1. The van der Waals surface area contributed by atoms with E-state index in [0.29, 0.717) is 0 Å². The Morgan fingerprint density at radius 3 is 2.33 bits per heavy atom. The predicted molar refractivity (Wildman–Crippen MR) is 107 cm³/mol. The molecule has 2 N–H and O–H groups in total. The zero-order valence-corrected chi connectivity index (χ0v) is 15.9. The van der Waals surface area contributed by atoms with Gasteiger partial charge in [0, 0.05) is 13.0 Å². The van der Waals surface area contributed by atoms with Crippen molar-refractivity contribution in [3.05, 3.63) is 78.4 Å². The van der Waals surface area contributed by atoms with Crippen molar-refractivity contribution in [3.63, 3.8) is 0 Å². The van der Waals surface area contributed by atoms with Gasteiger partial charge in [0.25, 0.3) is 0 Å². The Kier molecular flexibility index (Phi) is 5.88. The number of sulfonamides is 1. The van der Waals surface area contributed by atoms with E-state index in [4.69, 9.17) is 0 Å². The largest absolute Gasteiger partial charge is 0.350 e. The van der Waals surface area contributed by atoms with Gasteiger partial charge in [-0.05, 0) is 35.4 Å². The van der Waals surface area contributed by atoms with Crippen LogP contribution in [0.5, 0.6) is 0 Å². The first-order valence-corrected chi connectivity index (χ1v) is 10.3. The molecule has 3 rings (SSSR count). The van der Waals surface area contributed by atoms with Crippen LogP contribution in [-0.2, 0) is 14.8 Å². The predicted octanol–water partition coefficient (Wildman–Crippen LogP) is 3.39. The third-order valence-electron chi connectivity index (χ3n) is 4.35. The van der Waals surface area contributed by atoms with Gasteiger partial charge in [-0.1, -0.05) is 60.7 Å². The van der Waals surface area contributed by atoms with Crippen LogP contribution >= 0.6 is 0 Å². The van der Waals surface area contributed by atoms with E-state index in [1.807, 2.05) is 61.5 Å². The molecule has 3 aromatic rings. The van der Waals surface area contributed by atoms with Crippen molar-refractivity contribution in [1.82, 2.24) is 10.0 Å². The van der Waals surface area contributed by atoms with Crippen LogP contribution in [0.1, 0.15) is 24.9 Å². The summed E-state index contributed by atoms with van der Waals surface area (Å²) in [6, 6.07) is 22.0. The Morgan fingerprint density at radius 2 is 1.59 bits per heavy atom. The molecule has 0 saturated carbocycles. The minimum absolute atomic E-state index is 0.0441. The summed E-state index contributed by atoms with van der Waals surface area (Å²) in [5.41, 5.74) is 1.00. The van der Waals surface area contributed by atoms with Crippen LogP contribution in [0.25, 0.3) is 10.8 Å². The van der Waals surface area contributed by atoms with Gasteiger partial charge in [0.1, 0.15) is 0 Å². The fraction of sp³-hybridized carbons (Fsp3) is 0.190. The van der Waals surface area contributed by atoms with Crippen LogP contribution in [0.4, 0.5) is 0 Å². The summed E-state index contributed by atoms with van der Waals surface area (Å²) in [4.78, 5) is 12.3. The fourth-order valence-electron chi connectivity index (χ4n) is 2.86. The number of rotatable bonds is 7. The lowest BCUT2D eigenvalue weighted by Gasteiger charge is -2.14. The van der Waals surface area contributed by atoms with Gasteiger partial charge in [-0.15, -0.1) is 0 Å². The number of carbonyl (C=O) groups excluding carboxylic acids is 1. The van der Waals surface area contributed by atoms with E-state index in [-0.39, 0.29) is 29.8 Å². The summed E-state index contributed by atoms with van der Waals surface area (Å²) >= 11 is 0. The van der Waals surface area contributed by atoms with E-state index < -0.39 is 10.0 Å². The molecule has 0 saturated heterocycles. The van der Waals surface area contributed by atoms with E-state index in [2.05, 4.69) is 10.0 Å². The van der Waals surface area contributed by atoms with E-state index >= 15 is 0 Å². The van der Waals surface area contributed by atoms with E-state index in [1.54, 1.807) is 18.2 Å². The second kappa shape index (κ2) is 8.33. The standard InChI is InChI=1S/C21H22N2O3S/c1-16(17-7-3-2-4-8-17)23-21(24)13-14-22-27(25,26)20-12-11-18-9-5-6-10-19(18)15-20/h2-12,15-16,22H,13-14H2,1H3,(H,23,24)/t16-/m0/s1. The van der Waals surface area contributed by atoms with Crippen LogP contribution in [-0.4, -0.2) is 20.9 Å². The molecule has 6 heteroatoms. The zero-order chi connectivity index (χ0) is 19.3. The summed E-state index contributed by atoms with van der Waals surface area (Å²) in [5.74, 6) is -0.201. The lowest BCUT2D eigenvalue weighted by atomic mass is 10.1. The van der Waals surface area contributed by atoms with Gasteiger partial charge < -0.3 is 5.32 Å². The molecule has 0 aliphatic rings. The first-order chi connectivity index (χ1) is 13.0. The molecule has 27 heavy (non-hydrogen) atoms. The molecule has 5 nitrogen and oxygen atoms in total. The van der Waals surface area contributed by atoms with E-state index in [9.17, 15) is 13.2 Å². The van der Waals surface area contributed by atoms with Crippen molar-refractivity contribution in [1.29, 1.82) is 0 Å². The Balaban J connectivity index is 1.56. The first-order valence-electron chi connectivity index (χ1n) is 8.78. The molecule has 0 aliphatic heterocycles. The van der Waals surface area contributed by atoms with Gasteiger partial charge in [0.2, 0.25) is 15.9 Å². The second-order valence-electron chi connectivity index (χ2n) is 6.36. The summed E-state index contributed by atoms with van der Waals surface area (Å²) < 4.78 is 27.4. The van der Waals surface area contributed by atoms with Crippen molar-refractivity contribution in [3.8, 4) is 0 Å². The smallest absolute Gasteiger partial charge is 0.240 e. The van der Waals surface area contributed by atoms with Crippen LogP contribution < -0.4 is 10.0 Å². The van der Waals surface area contributed by atoms with E-state index in [0.717, 1.165) is 16.3 Å². The second-order valence-corrected chi connectivity index (χ2v) is 8.12. The average Bonchev–Trinajstić information content (AvgIpc) is 2.68. The number of carbonyl (C=O) groups is 1. The van der Waals surface area contributed by atoms with Gasteiger partial charge in [-0.25, -0.2) is 13.1 Å². The Hall–Kier alpha value is -2.70. The molecule has 0 unspecified atom stereocenters. The highest BCUT2D eigenvalue weighted by molar-refractivity contribution is 7.89. The highest BCUT2D eigenvalue weighted by Crippen LogP contribution is 2.18. The number of benzene rings is 3. The summed E-state index contributed by atoms with van der Waals surface area (Å²) in [7, 11) is -3.66. The molecule has 0 heterocycles. The Bertz CT molecular complexity index is 1030. The maximum Gasteiger partial charge on any atom is 0.240 e. The normalized spacial score (nSPS) is 12.6. The van der Waals surface area contributed by atoms with Crippen LogP contribution in [0, 0.1) is 0 Å². The molecule has 3 aromatic carbocycles. The molecule has 0 aromatic heterocycles. The minimum atomic E-state index is -3.66. The number of nitrogens with one attached hydrogen (secondary N) is 2. The Labute approximate surface area is 159 Å². The van der Waals surface area contributed by atoms with Gasteiger partial charge in [0.05, 0.1) is 10.9 Å². The van der Waals surface area contributed by atoms with Gasteiger partial charge in [-0.3, -0.25) is 4.79 Å². The van der Waals surface area contributed by atoms with Gasteiger partial charge in [0.15, 0.2) is 0 Å². The zero-order valence-electron chi connectivity index (χ0n) is 15.1. The van der Waals surface area contributed by atoms with Crippen molar-refractivity contribution >= 4 is 26.7 Å². The van der Waals surface area contributed by atoms with Crippen molar-refractivity contribution in [2.24, 2.45) is 0 Å². The van der Waals surface area contributed by atoms with Crippen molar-refractivity contribution in [2.75, 3.05) is 6.54 Å². The molecule has 0 fully saturated rings. The Morgan fingerprint density at radius 1 is 0.926 bits per heavy atom. The maximum absolute atomic E-state index is 12.5. The number of fused-ring (bicyclic) bond motifs is 1. The third-order valence-corrected chi connectivity index (χ3v) is 5.81. The first kappa shape index (κ1) is 19.1. The summed E-state index contributed by atoms with van der Waals surface area (Å²) in [6.07, 6.45) is 0.0734. The topological polar surface area (TPSA) is 75.3 Å². The van der Waals surface area contributed by atoms with Gasteiger partial charge >= 0.3 is 0 Å². The van der Waals surface area contributed by atoms with Crippen LogP contribution in [0.3, 0.4) is 0 Å². The average molecular weight is 382 g/mol. The molecule has 1 amide bonds. The van der Waals surface area contributed by atoms with Crippen molar-refractivity contribution < 1.29 is 13.2 Å². The molecule has 0 bridgehead atoms. The quantitative estimate of drug-likeness (QED) is 0.658. The lowest BCUT2D eigenvalue weighted by molar-refractivity contribution is -0.121. The third kappa shape index (κ3) is 4.93. The van der Waals surface area contributed by atoms with Gasteiger partial charge in [-0.2, -0.15) is 0 Å². The molecule has 0 aliphatic carbocycles. The lowest BCUT2D eigenvalue weighted by Crippen LogP contribution is -2.32.